The summed E-state index contributed by atoms with van der Waals surface area (Å²) in [5, 5.41) is 3.40. The number of hydrogen-bond acceptors (Lipinski definition) is 1. The number of hydrogen-bond donors (Lipinski definition) is 1. The highest BCUT2D eigenvalue weighted by Gasteiger charge is 1.99. The summed E-state index contributed by atoms with van der Waals surface area (Å²) >= 11 is 9.28. The normalized spacial score (nSPS) is 10.3. The Labute approximate surface area is 131 Å². The molecule has 0 heterocycles. The summed E-state index contributed by atoms with van der Waals surface area (Å²) in [6, 6.07) is 14.7. The first kappa shape index (κ1) is 13.4. The molecule has 0 aromatic heterocycles. The smallest absolute Gasteiger partial charge is 0.0401 e. The minimum absolute atomic E-state index is 0.826. The van der Waals surface area contributed by atoms with E-state index in [1.807, 2.05) is 0 Å². The van der Waals surface area contributed by atoms with Gasteiger partial charge < -0.3 is 5.32 Å². The lowest BCUT2D eigenvalue weighted by atomic mass is 10.2. The van der Waals surface area contributed by atoms with Gasteiger partial charge in [0.15, 0.2) is 0 Å². The van der Waals surface area contributed by atoms with E-state index in [4.69, 9.17) is 0 Å². The summed E-state index contributed by atoms with van der Waals surface area (Å²) in [6.07, 6.45) is 0. The molecule has 1 N–H and O–H groups in total. The van der Waals surface area contributed by atoms with Crippen molar-refractivity contribution in [2.45, 2.75) is 6.54 Å². The molecule has 4 heteroatoms. The zero-order valence-electron chi connectivity index (χ0n) is 8.88. The van der Waals surface area contributed by atoms with Crippen molar-refractivity contribution in [2.24, 2.45) is 0 Å². The standard InChI is InChI=1S/C13H10Br2IN/c14-12-6-1-9(7-13(12)15)8-17-11-4-2-10(16)3-5-11/h1-7,17H,8H2. The van der Waals surface area contributed by atoms with Crippen LogP contribution in [0.1, 0.15) is 5.56 Å². The van der Waals surface area contributed by atoms with Crippen LogP contribution in [0.3, 0.4) is 0 Å². The molecule has 1 nitrogen and oxygen atoms in total. The summed E-state index contributed by atoms with van der Waals surface area (Å²) in [6.45, 7) is 0.826. The van der Waals surface area contributed by atoms with E-state index < -0.39 is 0 Å². The first-order valence-corrected chi connectivity index (χ1v) is 7.75. The van der Waals surface area contributed by atoms with Crippen LogP contribution in [0.15, 0.2) is 51.4 Å². The Kier molecular flexibility index (Phi) is 4.87. The summed E-state index contributed by atoms with van der Waals surface area (Å²) < 4.78 is 3.41. The van der Waals surface area contributed by atoms with E-state index in [0.29, 0.717) is 0 Å². The van der Waals surface area contributed by atoms with E-state index in [9.17, 15) is 0 Å². The zero-order valence-corrected chi connectivity index (χ0v) is 14.2. The monoisotopic (exact) mass is 465 g/mol. The molecule has 2 aromatic rings. The SMILES string of the molecule is Brc1ccc(CNc2ccc(I)cc2)cc1Br. The second kappa shape index (κ2) is 6.20. The van der Waals surface area contributed by atoms with Crippen LogP contribution in [0.5, 0.6) is 0 Å². The Bertz CT molecular complexity index is 511. The van der Waals surface area contributed by atoms with Gasteiger partial charge in [-0.3, -0.25) is 0 Å². The van der Waals surface area contributed by atoms with Gasteiger partial charge in [0.05, 0.1) is 0 Å². The molecule has 2 rings (SSSR count). The van der Waals surface area contributed by atoms with E-state index in [-0.39, 0.29) is 0 Å². The lowest BCUT2D eigenvalue weighted by Crippen LogP contribution is -1.99. The van der Waals surface area contributed by atoms with Crippen LogP contribution in [0.2, 0.25) is 0 Å². The van der Waals surface area contributed by atoms with Crippen molar-refractivity contribution in [3.63, 3.8) is 0 Å². The highest BCUT2D eigenvalue weighted by Crippen LogP contribution is 2.24. The topological polar surface area (TPSA) is 12.0 Å². The third-order valence-electron chi connectivity index (χ3n) is 2.32. The van der Waals surface area contributed by atoms with Crippen LogP contribution >= 0.6 is 54.5 Å². The molecule has 0 spiro atoms. The maximum Gasteiger partial charge on any atom is 0.0401 e. The number of nitrogens with one attached hydrogen (secondary N) is 1. The molecule has 0 radical (unpaired) electrons. The van der Waals surface area contributed by atoms with Gasteiger partial charge in [0.25, 0.3) is 0 Å². The molecule has 0 aliphatic heterocycles. The Morgan fingerprint density at radius 2 is 1.65 bits per heavy atom. The molecule has 17 heavy (non-hydrogen) atoms. The third kappa shape index (κ3) is 3.96. The van der Waals surface area contributed by atoms with E-state index in [1.165, 1.54) is 9.13 Å². The molecule has 0 atom stereocenters. The minimum atomic E-state index is 0.826. The fourth-order valence-electron chi connectivity index (χ4n) is 1.42. The van der Waals surface area contributed by atoms with E-state index in [2.05, 4.69) is 102 Å². The predicted octanol–water partition coefficient (Wildman–Crippen LogP) is 5.43. The van der Waals surface area contributed by atoms with Gasteiger partial charge in [-0.1, -0.05) is 6.07 Å². The second-order valence-corrected chi connectivity index (χ2v) is 6.56. The highest BCUT2D eigenvalue weighted by atomic mass is 127. The second-order valence-electron chi connectivity index (χ2n) is 3.61. The largest absolute Gasteiger partial charge is 0.381 e. The summed E-state index contributed by atoms with van der Waals surface area (Å²) in [5.74, 6) is 0. The molecule has 0 amide bonds. The Balaban J connectivity index is 2.02. The molecular formula is C13H10Br2IN. The Morgan fingerprint density at radius 3 is 2.29 bits per heavy atom. The van der Waals surface area contributed by atoms with Crippen molar-refractivity contribution in [3.8, 4) is 0 Å². The number of halogens is 3. The fraction of sp³-hybridized carbons (Fsp3) is 0.0769. The number of anilines is 1. The van der Waals surface area contributed by atoms with Gasteiger partial charge in [0.2, 0.25) is 0 Å². The molecule has 0 aliphatic carbocycles. The maximum absolute atomic E-state index is 3.51. The van der Waals surface area contributed by atoms with Gasteiger partial charge in [-0.05, 0) is 96.4 Å². The highest BCUT2D eigenvalue weighted by molar-refractivity contribution is 14.1. The van der Waals surface area contributed by atoms with Crippen LogP contribution in [-0.4, -0.2) is 0 Å². The first-order chi connectivity index (χ1) is 8.15. The van der Waals surface area contributed by atoms with Crippen LogP contribution < -0.4 is 5.32 Å². The molecule has 0 saturated heterocycles. The van der Waals surface area contributed by atoms with Crippen LogP contribution in [-0.2, 0) is 6.54 Å². The molecule has 2 aromatic carbocycles. The Hall–Kier alpha value is -0.0700. The summed E-state index contributed by atoms with van der Waals surface area (Å²) in [5.41, 5.74) is 2.39. The fourth-order valence-corrected chi connectivity index (χ4v) is 2.45. The van der Waals surface area contributed by atoms with Crippen LogP contribution in [0.25, 0.3) is 0 Å². The molecule has 88 valence electrons. The summed E-state index contributed by atoms with van der Waals surface area (Å²) in [4.78, 5) is 0. The van der Waals surface area contributed by atoms with E-state index >= 15 is 0 Å². The summed E-state index contributed by atoms with van der Waals surface area (Å²) in [7, 11) is 0. The minimum Gasteiger partial charge on any atom is -0.381 e. The first-order valence-electron chi connectivity index (χ1n) is 5.08. The molecule has 0 aliphatic rings. The van der Waals surface area contributed by atoms with E-state index in [0.717, 1.165) is 21.2 Å². The van der Waals surface area contributed by atoms with Crippen molar-refractivity contribution in [1.82, 2.24) is 0 Å². The van der Waals surface area contributed by atoms with Crippen molar-refractivity contribution < 1.29 is 0 Å². The van der Waals surface area contributed by atoms with Crippen molar-refractivity contribution in [2.75, 3.05) is 5.32 Å². The van der Waals surface area contributed by atoms with Gasteiger partial charge in [0, 0.05) is 24.7 Å². The van der Waals surface area contributed by atoms with Gasteiger partial charge in [-0.2, -0.15) is 0 Å². The molecular weight excluding hydrogens is 457 g/mol. The van der Waals surface area contributed by atoms with Crippen molar-refractivity contribution in [3.05, 3.63) is 60.5 Å². The predicted molar refractivity (Wildman–Crippen MR) is 88.3 cm³/mol. The molecule has 0 unspecified atom stereocenters. The molecule has 0 fully saturated rings. The maximum atomic E-state index is 3.51. The molecule has 0 saturated carbocycles. The average molecular weight is 467 g/mol. The average Bonchev–Trinajstić information content (AvgIpc) is 2.33. The lowest BCUT2D eigenvalue weighted by Gasteiger charge is -2.07. The van der Waals surface area contributed by atoms with Gasteiger partial charge >= 0.3 is 0 Å². The van der Waals surface area contributed by atoms with Crippen molar-refractivity contribution in [1.29, 1.82) is 0 Å². The quantitative estimate of drug-likeness (QED) is 0.595. The van der Waals surface area contributed by atoms with Gasteiger partial charge in [-0.15, -0.1) is 0 Å². The van der Waals surface area contributed by atoms with Gasteiger partial charge in [0.1, 0.15) is 0 Å². The number of benzene rings is 2. The van der Waals surface area contributed by atoms with Crippen LogP contribution in [0.4, 0.5) is 5.69 Å². The van der Waals surface area contributed by atoms with Crippen molar-refractivity contribution >= 4 is 60.1 Å². The van der Waals surface area contributed by atoms with Gasteiger partial charge in [-0.25, -0.2) is 0 Å². The Morgan fingerprint density at radius 1 is 0.941 bits per heavy atom. The number of rotatable bonds is 3. The van der Waals surface area contributed by atoms with Crippen LogP contribution in [0, 0.1) is 3.57 Å². The third-order valence-corrected chi connectivity index (χ3v) is 4.92. The zero-order chi connectivity index (χ0) is 12.3. The lowest BCUT2D eigenvalue weighted by molar-refractivity contribution is 1.14. The van der Waals surface area contributed by atoms with E-state index in [1.54, 1.807) is 0 Å². The molecule has 0 bridgehead atoms.